The molecule has 0 radical (unpaired) electrons. The van der Waals surface area contributed by atoms with Crippen LogP contribution < -0.4 is 0 Å². The third-order valence-corrected chi connectivity index (χ3v) is 16.2. The Morgan fingerprint density at radius 3 is 1.54 bits per heavy atom. The van der Waals surface area contributed by atoms with Crippen LogP contribution in [0.25, 0.3) is 98.4 Å². The van der Waals surface area contributed by atoms with E-state index in [4.69, 9.17) is 0 Å². The Bertz CT molecular complexity index is 4110. The normalized spacial score (nSPS) is 18.6. The topological polar surface area (TPSA) is 0 Å². The van der Waals surface area contributed by atoms with E-state index < -0.39 is 0 Å². The SMILES string of the molecule is CC1(C)c2cc(C3=CC=C4C=CC5=C(c6ccc7ccccc7c6)C=CC6=CC=C3C4C65)ccc2-c2ccc(-c3ccc4ccc5c(-c6ccc7ccccc7c6)ccc6ccc3c4c65)cc21. The van der Waals surface area contributed by atoms with E-state index >= 15 is 0 Å². The molecule has 0 saturated heterocycles. The minimum atomic E-state index is -0.175. The van der Waals surface area contributed by atoms with E-state index in [1.165, 1.54) is 143 Å². The van der Waals surface area contributed by atoms with Gasteiger partial charge in [-0.05, 0) is 167 Å². The van der Waals surface area contributed by atoms with Gasteiger partial charge in [0.1, 0.15) is 0 Å². The third kappa shape index (κ3) is 5.24. The number of rotatable bonds is 4. The maximum atomic E-state index is 2.51. The minimum Gasteiger partial charge on any atom is -0.0616 e. The maximum Gasteiger partial charge on any atom is 0.0205 e. The lowest BCUT2D eigenvalue weighted by atomic mass is 9.61. The molecule has 0 aliphatic heterocycles. The summed E-state index contributed by atoms with van der Waals surface area (Å²) in [4.78, 5) is 0. The average molecular weight is 849 g/mol. The summed E-state index contributed by atoms with van der Waals surface area (Å²) in [5.74, 6) is 0.586. The van der Waals surface area contributed by atoms with E-state index in [-0.39, 0.29) is 11.3 Å². The van der Waals surface area contributed by atoms with Crippen molar-refractivity contribution in [1.29, 1.82) is 0 Å². The standard InChI is InChI=1S/C67H44/c1-67(2)61-37-49(53-27-17-43-19-31-57-51(25-15-41-21-33-59(53)65(43)63(41)57)47-13-11-39-7-3-5-9-45(39)35-47)23-29-55(61)56-30-24-50(38-62(56)67)54-28-18-44-20-32-58-52(26-16-42-22-34-60(54)66(44)64(42)58)48-14-12-40-8-4-6-10-46(40)36-48/h3-38,63,65H,1-2H3. The van der Waals surface area contributed by atoms with Gasteiger partial charge < -0.3 is 0 Å². The Labute approximate surface area is 390 Å². The van der Waals surface area contributed by atoms with Crippen LogP contribution in [0.1, 0.15) is 36.1 Å². The van der Waals surface area contributed by atoms with E-state index in [0.717, 1.165) is 0 Å². The second-order valence-electron chi connectivity index (χ2n) is 19.9. The fourth-order valence-electron chi connectivity index (χ4n) is 12.9. The molecule has 15 rings (SSSR count). The van der Waals surface area contributed by atoms with Crippen molar-refractivity contribution in [3.63, 3.8) is 0 Å². The molecule has 0 spiro atoms. The summed E-state index contributed by atoms with van der Waals surface area (Å²) in [7, 11) is 0. The largest absolute Gasteiger partial charge is 0.0616 e. The Morgan fingerprint density at radius 1 is 0.358 bits per heavy atom. The van der Waals surface area contributed by atoms with Crippen LogP contribution in [-0.2, 0) is 5.41 Å². The van der Waals surface area contributed by atoms with Crippen molar-refractivity contribution in [2.45, 2.75) is 19.3 Å². The number of fused-ring (bicyclic) bond motifs is 5. The van der Waals surface area contributed by atoms with Gasteiger partial charge in [-0.2, -0.15) is 0 Å². The molecule has 5 aliphatic rings. The van der Waals surface area contributed by atoms with Crippen LogP contribution in [0.2, 0.25) is 0 Å². The van der Waals surface area contributed by atoms with E-state index in [0.29, 0.717) is 5.92 Å². The van der Waals surface area contributed by atoms with Crippen molar-refractivity contribution in [3.05, 3.63) is 263 Å². The lowest BCUT2D eigenvalue weighted by Crippen LogP contribution is -2.30. The predicted octanol–water partition coefficient (Wildman–Crippen LogP) is 17.5. The fraction of sp³-hybridized carbons (Fsp3) is 0.0746. The van der Waals surface area contributed by atoms with Gasteiger partial charge in [-0.1, -0.05) is 208 Å². The molecule has 0 aromatic heterocycles. The lowest BCUT2D eigenvalue weighted by Gasteiger charge is -2.42. The van der Waals surface area contributed by atoms with Gasteiger partial charge in [0.25, 0.3) is 0 Å². The lowest BCUT2D eigenvalue weighted by molar-refractivity contribution is 0.569. The highest BCUT2D eigenvalue weighted by molar-refractivity contribution is 6.27. The Hall–Kier alpha value is -8.06. The first kappa shape index (κ1) is 37.2. The Morgan fingerprint density at radius 2 is 0.851 bits per heavy atom. The Kier molecular flexibility index (Phi) is 7.50. The summed E-state index contributed by atoms with van der Waals surface area (Å²) < 4.78 is 0. The zero-order valence-corrected chi connectivity index (χ0v) is 37.4. The molecule has 0 N–H and O–H groups in total. The first-order valence-electron chi connectivity index (χ1n) is 23.9. The van der Waals surface area contributed by atoms with Crippen molar-refractivity contribution in [2.75, 3.05) is 0 Å². The molecule has 312 valence electrons. The zero-order chi connectivity index (χ0) is 44.1. The predicted molar refractivity (Wildman–Crippen MR) is 284 cm³/mol. The van der Waals surface area contributed by atoms with Crippen molar-refractivity contribution in [2.24, 2.45) is 11.8 Å². The number of allylic oxidation sites excluding steroid dienone is 14. The summed E-state index contributed by atoms with van der Waals surface area (Å²) in [5, 5.41) is 13.0. The average Bonchev–Trinajstić information content (AvgIpc) is 3.60. The van der Waals surface area contributed by atoms with Gasteiger partial charge >= 0.3 is 0 Å². The molecule has 5 aliphatic carbocycles. The van der Waals surface area contributed by atoms with E-state index in [1.807, 2.05) is 0 Å². The summed E-state index contributed by atoms with van der Waals surface area (Å²) in [5.41, 5.74) is 21.4. The van der Waals surface area contributed by atoms with Crippen LogP contribution in [0.4, 0.5) is 0 Å². The van der Waals surface area contributed by atoms with Gasteiger partial charge in [0.05, 0.1) is 0 Å². The van der Waals surface area contributed by atoms with E-state index in [2.05, 4.69) is 232 Å². The molecule has 0 nitrogen and oxygen atoms in total. The zero-order valence-electron chi connectivity index (χ0n) is 37.4. The molecular formula is C67H44. The number of hydrogen-bond acceptors (Lipinski definition) is 0. The van der Waals surface area contributed by atoms with Gasteiger partial charge in [-0.15, -0.1) is 0 Å². The molecule has 2 atom stereocenters. The van der Waals surface area contributed by atoms with Crippen molar-refractivity contribution in [1.82, 2.24) is 0 Å². The molecule has 0 heterocycles. The van der Waals surface area contributed by atoms with Crippen molar-refractivity contribution >= 4 is 65.0 Å². The van der Waals surface area contributed by atoms with E-state index in [9.17, 15) is 0 Å². The van der Waals surface area contributed by atoms with Crippen LogP contribution in [0.15, 0.2) is 241 Å². The molecule has 0 saturated carbocycles. The molecule has 0 bridgehead atoms. The summed E-state index contributed by atoms with van der Waals surface area (Å²) in [6.45, 7) is 4.86. The fourth-order valence-corrected chi connectivity index (χ4v) is 12.9. The summed E-state index contributed by atoms with van der Waals surface area (Å²) in [6.07, 6.45) is 19.1. The van der Waals surface area contributed by atoms with Crippen LogP contribution in [0.3, 0.4) is 0 Å². The minimum absolute atomic E-state index is 0.175. The molecule has 0 fully saturated rings. The molecule has 67 heavy (non-hydrogen) atoms. The van der Waals surface area contributed by atoms with Crippen LogP contribution in [0, 0.1) is 11.8 Å². The number of benzene rings is 10. The van der Waals surface area contributed by atoms with Gasteiger partial charge in [-0.3, -0.25) is 0 Å². The molecular weight excluding hydrogens is 805 g/mol. The van der Waals surface area contributed by atoms with Crippen molar-refractivity contribution in [3.8, 4) is 33.4 Å². The summed E-state index contributed by atoms with van der Waals surface area (Å²) >= 11 is 0. The first-order valence-corrected chi connectivity index (χ1v) is 23.9. The van der Waals surface area contributed by atoms with Gasteiger partial charge in [0.15, 0.2) is 0 Å². The second-order valence-corrected chi connectivity index (χ2v) is 19.9. The van der Waals surface area contributed by atoms with Gasteiger partial charge in [0, 0.05) is 17.3 Å². The molecule has 10 aromatic carbocycles. The van der Waals surface area contributed by atoms with Gasteiger partial charge in [0.2, 0.25) is 0 Å². The highest BCUT2D eigenvalue weighted by Crippen LogP contribution is 2.56. The first-order chi connectivity index (χ1) is 32.9. The van der Waals surface area contributed by atoms with Crippen molar-refractivity contribution < 1.29 is 0 Å². The van der Waals surface area contributed by atoms with Crippen LogP contribution in [0.5, 0.6) is 0 Å². The molecule has 0 heteroatoms. The maximum absolute atomic E-state index is 2.51. The summed E-state index contributed by atoms with van der Waals surface area (Å²) in [6, 6.07) is 64.4. The van der Waals surface area contributed by atoms with Crippen LogP contribution in [-0.4, -0.2) is 0 Å². The van der Waals surface area contributed by atoms with Crippen LogP contribution >= 0.6 is 0 Å². The molecule has 0 amide bonds. The monoisotopic (exact) mass is 848 g/mol. The highest BCUT2D eigenvalue weighted by Gasteiger charge is 2.42. The second kappa shape index (κ2) is 13.5. The molecule has 2 unspecified atom stereocenters. The number of hydrogen-bond donors (Lipinski definition) is 0. The smallest absolute Gasteiger partial charge is 0.0205 e. The highest BCUT2D eigenvalue weighted by atomic mass is 14.4. The molecule has 10 aromatic rings. The van der Waals surface area contributed by atoms with E-state index in [1.54, 1.807) is 0 Å². The Balaban J connectivity index is 0.794. The quantitative estimate of drug-likeness (QED) is 0.155. The van der Waals surface area contributed by atoms with Gasteiger partial charge in [-0.25, -0.2) is 0 Å². The third-order valence-electron chi connectivity index (χ3n) is 16.2.